The number of hydrogen-bond donors (Lipinski definition) is 1. The Hall–Kier alpha value is -2.49. The molecule has 0 aliphatic carbocycles. The van der Waals surface area contributed by atoms with E-state index in [9.17, 15) is 4.79 Å². The predicted molar refractivity (Wildman–Crippen MR) is 79.6 cm³/mol. The minimum atomic E-state index is -0.105. The van der Waals surface area contributed by atoms with Gasteiger partial charge in [0.15, 0.2) is 11.5 Å². The van der Waals surface area contributed by atoms with E-state index in [-0.39, 0.29) is 18.7 Å². The molecule has 0 fully saturated rings. The van der Waals surface area contributed by atoms with Crippen LogP contribution in [-0.4, -0.2) is 12.7 Å². The standard InChI is InChI=1S/C17H17NO3/c1-11-5-3-4-6-14(11)17(19)18-12(2)13-7-8-15-16(9-13)21-10-20-15/h3-9,12H,10H2,1-2H3,(H,18,19)/t12-/m1/s1. The Bertz CT molecular complexity index is 681. The average molecular weight is 283 g/mol. The van der Waals surface area contributed by atoms with Gasteiger partial charge >= 0.3 is 0 Å². The summed E-state index contributed by atoms with van der Waals surface area (Å²) in [4.78, 5) is 12.3. The smallest absolute Gasteiger partial charge is 0.252 e. The van der Waals surface area contributed by atoms with Gasteiger partial charge in [0.25, 0.3) is 5.91 Å². The van der Waals surface area contributed by atoms with Crippen molar-refractivity contribution in [2.75, 3.05) is 6.79 Å². The molecule has 108 valence electrons. The van der Waals surface area contributed by atoms with Gasteiger partial charge in [0.2, 0.25) is 6.79 Å². The predicted octanol–water partition coefficient (Wildman–Crippen LogP) is 3.21. The van der Waals surface area contributed by atoms with Gasteiger partial charge in [-0.15, -0.1) is 0 Å². The van der Waals surface area contributed by atoms with Crippen LogP contribution in [0.1, 0.15) is 34.5 Å². The van der Waals surface area contributed by atoms with Gasteiger partial charge in [0.05, 0.1) is 6.04 Å². The summed E-state index contributed by atoms with van der Waals surface area (Å²) in [5, 5.41) is 3.01. The highest BCUT2D eigenvalue weighted by atomic mass is 16.7. The van der Waals surface area contributed by atoms with Gasteiger partial charge in [-0.2, -0.15) is 0 Å². The second-order valence-corrected chi connectivity index (χ2v) is 5.12. The van der Waals surface area contributed by atoms with Crippen LogP contribution >= 0.6 is 0 Å². The fraction of sp³-hybridized carbons (Fsp3) is 0.235. The average Bonchev–Trinajstić information content (AvgIpc) is 2.94. The summed E-state index contributed by atoms with van der Waals surface area (Å²) < 4.78 is 10.7. The zero-order valence-corrected chi connectivity index (χ0v) is 12.1. The molecule has 2 aromatic rings. The van der Waals surface area contributed by atoms with Gasteiger partial charge in [0, 0.05) is 5.56 Å². The summed E-state index contributed by atoms with van der Waals surface area (Å²) >= 11 is 0. The van der Waals surface area contributed by atoms with E-state index in [1.807, 2.05) is 56.3 Å². The molecule has 0 spiro atoms. The fourth-order valence-corrected chi connectivity index (χ4v) is 2.37. The van der Waals surface area contributed by atoms with Crippen molar-refractivity contribution in [3.8, 4) is 11.5 Å². The van der Waals surface area contributed by atoms with E-state index >= 15 is 0 Å². The number of nitrogens with one attached hydrogen (secondary N) is 1. The molecule has 0 aromatic heterocycles. The summed E-state index contributed by atoms with van der Waals surface area (Å²) in [6, 6.07) is 13.2. The van der Waals surface area contributed by atoms with Crippen LogP contribution in [0.5, 0.6) is 11.5 Å². The van der Waals surface area contributed by atoms with Gasteiger partial charge < -0.3 is 14.8 Å². The molecular formula is C17H17NO3. The molecule has 3 rings (SSSR count). The Balaban J connectivity index is 1.76. The van der Waals surface area contributed by atoms with Crippen LogP contribution < -0.4 is 14.8 Å². The lowest BCUT2D eigenvalue weighted by molar-refractivity contribution is 0.0939. The van der Waals surface area contributed by atoms with Crippen LogP contribution in [0.2, 0.25) is 0 Å². The molecule has 4 nitrogen and oxygen atoms in total. The molecule has 21 heavy (non-hydrogen) atoms. The number of benzene rings is 2. The Morgan fingerprint density at radius 2 is 1.90 bits per heavy atom. The number of amides is 1. The molecule has 0 unspecified atom stereocenters. The Labute approximate surface area is 123 Å². The molecule has 2 aromatic carbocycles. The summed E-state index contributed by atoms with van der Waals surface area (Å²) in [5.74, 6) is 1.40. The summed E-state index contributed by atoms with van der Waals surface area (Å²) in [5.41, 5.74) is 2.65. The highest BCUT2D eigenvalue weighted by Crippen LogP contribution is 2.34. The van der Waals surface area contributed by atoms with E-state index in [0.29, 0.717) is 5.56 Å². The van der Waals surface area contributed by atoms with Crippen molar-refractivity contribution < 1.29 is 14.3 Å². The maximum atomic E-state index is 12.3. The topological polar surface area (TPSA) is 47.6 Å². The number of ether oxygens (including phenoxy) is 2. The number of fused-ring (bicyclic) bond motifs is 1. The summed E-state index contributed by atoms with van der Waals surface area (Å²) in [6.45, 7) is 4.14. The van der Waals surface area contributed by atoms with Gasteiger partial charge in [-0.05, 0) is 43.2 Å². The first-order chi connectivity index (χ1) is 10.1. The van der Waals surface area contributed by atoms with Crippen LogP contribution in [0.15, 0.2) is 42.5 Å². The number of carbonyl (C=O) groups is 1. The molecule has 0 saturated carbocycles. The molecule has 1 heterocycles. The molecule has 1 N–H and O–H groups in total. The minimum absolute atomic E-state index is 0.0710. The molecule has 1 amide bonds. The van der Waals surface area contributed by atoms with Crippen LogP contribution in [0.3, 0.4) is 0 Å². The lowest BCUT2D eigenvalue weighted by Gasteiger charge is -2.15. The van der Waals surface area contributed by atoms with E-state index in [1.54, 1.807) is 0 Å². The van der Waals surface area contributed by atoms with E-state index in [2.05, 4.69) is 5.32 Å². The van der Waals surface area contributed by atoms with Crippen molar-refractivity contribution in [3.05, 3.63) is 59.2 Å². The zero-order valence-electron chi connectivity index (χ0n) is 12.1. The van der Waals surface area contributed by atoms with Crippen molar-refractivity contribution in [3.63, 3.8) is 0 Å². The number of aryl methyl sites for hydroxylation is 1. The van der Waals surface area contributed by atoms with E-state index in [0.717, 1.165) is 22.6 Å². The van der Waals surface area contributed by atoms with Crippen molar-refractivity contribution >= 4 is 5.91 Å². The van der Waals surface area contributed by atoms with E-state index in [1.165, 1.54) is 0 Å². The molecule has 1 atom stereocenters. The second-order valence-electron chi connectivity index (χ2n) is 5.12. The molecule has 4 heteroatoms. The molecule has 0 saturated heterocycles. The largest absolute Gasteiger partial charge is 0.454 e. The Kier molecular flexibility index (Phi) is 3.52. The second kappa shape index (κ2) is 5.48. The highest BCUT2D eigenvalue weighted by molar-refractivity contribution is 5.95. The van der Waals surface area contributed by atoms with Crippen molar-refractivity contribution in [1.82, 2.24) is 5.32 Å². The Morgan fingerprint density at radius 3 is 2.71 bits per heavy atom. The Morgan fingerprint density at radius 1 is 1.14 bits per heavy atom. The SMILES string of the molecule is Cc1ccccc1C(=O)N[C@H](C)c1ccc2c(c1)OCO2. The van der Waals surface area contributed by atoms with Crippen LogP contribution in [-0.2, 0) is 0 Å². The highest BCUT2D eigenvalue weighted by Gasteiger charge is 2.17. The number of rotatable bonds is 3. The monoisotopic (exact) mass is 283 g/mol. The zero-order chi connectivity index (χ0) is 14.8. The third kappa shape index (κ3) is 2.70. The third-order valence-corrected chi connectivity index (χ3v) is 3.63. The third-order valence-electron chi connectivity index (χ3n) is 3.63. The van der Waals surface area contributed by atoms with Gasteiger partial charge in [-0.1, -0.05) is 24.3 Å². The normalized spacial score (nSPS) is 13.8. The quantitative estimate of drug-likeness (QED) is 0.941. The van der Waals surface area contributed by atoms with Gasteiger partial charge in [0.1, 0.15) is 0 Å². The molecule has 0 bridgehead atoms. The van der Waals surface area contributed by atoms with Crippen molar-refractivity contribution in [2.24, 2.45) is 0 Å². The van der Waals surface area contributed by atoms with Crippen molar-refractivity contribution in [2.45, 2.75) is 19.9 Å². The van der Waals surface area contributed by atoms with E-state index in [4.69, 9.17) is 9.47 Å². The first kappa shape index (κ1) is 13.5. The van der Waals surface area contributed by atoms with Crippen molar-refractivity contribution in [1.29, 1.82) is 0 Å². The maximum Gasteiger partial charge on any atom is 0.252 e. The van der Waals surface area contributed by atoms with Gasteiger partial charge in [-0.25, -0.2) is 0 Å². The maximum absolute atomic E-state index is 12.3. The van der Waals surface area contributed by atoms with Crippen LogP contribution in [0.25, 0.3) is 0 Å². The lowest BCUT2D eigenvalue weighted by Crippen LogP contribution is -2.27. The molecule has 0 radical (unpaired) electrons. The minimum Gasteiger partial charge on any atom is -0.454 e. The number of carbonyl (C=O) groups excluding carboxylic acids is 1. The molecule has 1 aliphatic heterocycles. The fourth-order valence-electron chi connectivity index (χ4n) is 2.37. The molecular weight excluding hydrogens is 266 g/mol. The number of hydrogen-bond acceptors (Lipinski definition) is 3. The first-order valence-corrected chi connectivity index (χ1v) is 6.91. The van der Waals surface area contributed by atoms with E-state index < -0.39 is 0 Å². The summed E-state index contributed by atoms with van der Waals surface area (Å²) in [7, 11) is 0. The first-order valence-electron chi connectivity index (χ1n) is 6.91. The molecule has 1 aliphatic rings. The van der Waals surface area contributed by atoms with Crippen LogP contribution in [0.4, 0.5) is 0 Å². The van der Waals surface area contributed by atoms with Crippen LogP contribution in [0, 0.1) is 6.92 Å². The lowest BCUT2D eigenvalue weighted by atomic mass is 10.1. The summed E-state index contributed by atoms with van der Waals surface area (Å²) in [6.07, 6.45) is 0. The van der Waals surface area contributed by atoms with Gasteiger partial charge in [-0.3, -0.25) is 4.79 Å².